The van der Waals surface area contributed by atoms with E-state index in [4.69, 9.17) is 20.5 Å². The van der Waals surface area contributed by atoms with Gasteiger partial charge in [-0.05, 0) is 0 Å². The van der Waals surface area contributed by atoms with Crippen molar-refractivity contribution < 1.29 is 9.47 Å². The van der Waals surface area contributed by atoms with Crippen LogP contribution in [-0.2, 0) is 16.1 Å². The molecule has 3 N–H and O–H groups in total. The lowest BCUT2D eigenvalue weighted by Crippen LogP contribution is -2.03. The molecule has 6 heteroatoms. The van der Waals surface area contributed by atoms with Crippen LogP contribution in [0.5, 0.6) is 0 Å². The highest BCUT2D eigenvalue weighted by atomic mass is 16.5. The maximum absolute atomic E-state index is 8.72. The number of aromatic nitrogens is 2. The van der Waals surface area contributed by atoms with Gasteiger partial charge in [-0.1, -0.05) is 0 Å². The first-order valence-corrected chi connectivity index (χ1v) is 4.09. The highest BCUT2D eigenvalue weighted by Gasteiger charge is 2.09. The van der Waals surface area contributed by atoms with Crippen LogP contribution in [0.25, 0.3) is 0 Å². The smallest absolute Gasteiger partial charge is 0.137 e. The van der Waals surface area contributed by atoms with E-state index in [0.717, 1.165) is 0 Å². The SMILES string of the molecule is COCCOCc1n[nH]c(N)c1C#N. The number of hydrogen-bond acceptors (Lipinski definition) is 5. The molecule has 0 saturated carbocycles. The minimum atomic E-state index is 0.264. The topological polar surface area (TPSA) is 96.9 Å². The highest BCUT2D eigenvalue weighted by molar-refractivity contribution is 5.50. The van der Waals surface area contributed by atoms with E-state index in [1.165, 1.54) is 0 Å². The largest absolute Gasteiger partial charge is 0.383 e. The number of hydrogen-bond donors (Lipinski definition) is 2. The third-order valence-electron chi connectivity index (χ3n) is 1.65. The number of anilines is 1. The van der Waals surface area contributed by atoms with Crippen molar-refractivity contribution in [2.75, 3.05) is 26.1 Å². The Morgan fingerprint density at radius 1 is 1.57 bits per heavy atom. The predicted octanol–water partition coefficient (Wildman–Crippen LogP) is 0.0266. The van der Waals surface area contributed by atoms with Crippen LogP contribution < -0.4 is 5.73 Å². The van der Waals surface area contributed by atoms with Crippen LogP contribution in [0.2, 0.25) is 0 Å². The summed E-state index contributed by atoms with van der Waals surface area (Å²) in [7, 11) is 1.59. The van der Waals surface area contributed by atoms with E-state index in [-0.39, 0.29) is 12.4 Å². The van der Waals surface area contributed by atoms with Gasteiger partial charge in [-0.15, -0.1) is 0 Å². The van der Waals surface area contributed by atoms with Crippen LogP contribution in [0.15, 0.2) is 0 Å². The summed E-state index contributed by atoms with van der Waals surface area (Å²) in [6.07, 6.45) is 0. The third-order valence-corrected chi connectivity index (χ3v) is 1.65. The summed E-state index contributed by atoms with van der Waals surface area (Å²) >= 11 is 0. The zero-order valence-corrected chi connectivity index (χ0v) is 7.91. The van der Waals surface area contributed by atoms with Gasteiger partial charge in [-0.2, -0.15) is 10.4 Å². The molecule has 0 radical (unpaired) electrons. The molecule has 0 aliphatic rings. The number of nitriles is 1. The van der Waals surface area contributed by atoms with Gasteiger partial charge in [0.1, 0.15) is 23.1 Å². The lowest BCUT2D eigenvalue weighted by molar-refractivity contribution is 0.0601. The maximum atomic E-state index is 8.72. The van der Waals surface area contributed by atoms with E-state index in [9.17, 15) is 0 Å². The van der Waals surface area contributed by atoms with Crippen LogP contribution in [0.1, 0.15) is 11.3 Å². The Hall–Kier alpha value is -1.58. The summed E-state index contributed by atoms with van der Waals surface area (Å²) in [6.45, 7) is 1.25. The van der Waals surface area contributed by atoms with Gasteiger partial charge in [-0.3, -0.25) is 5.10 Å². The summed E-state index contributed by atoms with van der Waals surface area (Å²) in [5, 5.41) is 15.1. The minimum Gasteiger partial charge on any atom is -0.383 e. The number of nitrogens with two attached hydrogens (primary N) is 1. The first-order valence-electron chi connectivity index (χ1n) is 4.09. The van der Waals surface area contributed by atoms with E-state index < -0.39 is 0 Å². The molecule has 0 aliphatic carbocycles. The van der Waals surface area contributed by atoms with E-state index in [1.807, 2.05) is 6.07 Å². The minimum absolute atomic E-state index is 0.264. The van der Waals surface area contributed by atoms with Crippen LogP contribution >= 0.6 is 0 Å². The van der Waals surface area contributed by atoms with Gasteiger partial charge in [0, 0.05) is 7.11 Å². The molecular weight excluding hydrogens is 184 g/mol. The zero-order chi connectivity index (χ0) is 10.4. The van der Waals surface area contributed by atoms with Crippen molar-refractivity contribution in [1.29, 1.82) is 5.26 Å². The summed E-state index contributed by atoms with van der Waals surface area (Å²) < 4.78 is 10.0. The molecule has 0 fully saturated rings. The first-order chi connectivity index (χ1) is 6.79. The molecule has 76 valence electrons. The molecule has 1 heterocycles. The Kier molecular flexibility index (Phi) is 3.91. The molecule has 1 rings (SSSR count). The predicted molar refractivity (Wildman–Crippen MR) is 49.2 cm³/mol. The summed E-state index contributed by atoms with van der Waals surface area (Å²) in [6, 6.07) is 1.95. The van der Waals surface area contributed by atoms with Crippen LogP contribution in [-0.4, -0.2) is 30.5 Å². The van der Waals surface area contributed by atoms with Gasteiger partial charge in [0.15, 0.2) is 0 Å². The number of methoxy groups -OCH3 is 1. The van der Waals surface area contributed by atoms with Crippen molar-refractivity contribution in [1.82, 2.24) is 10.2 Å². The first kappa shape index (κ1) is 10.5. The maximum Gasteiger partial charge on any atom is 0.137 e. The Labute approximate surface area is 81.6 Å². The molecule has 0 amide bonds. The standard InChI is InChI=1S/C8H12N4O2/c1-13-2-3-14-5-7-6(4-9)8(10)12-11-7/h2-3,5H2,1H3,(H3,10,11,12). The quantitative estimate of drug-likeness (QED) is 0.647. The lowest BCUT2D eigenvalue weighted by atomic mass is 10.2. The van der Waals surface area contributed by atoms with Gasteiger partial charge in [0.2, 0.25) is 0 Å². The van der Waals surface area contributed by atoms with Gasteiger partial charge in [0.05, 0.1) is 19.8 Å². The number of nitrogen functional groups attached to an aromatic ring is 1. The number of rotatable bonds is 5. The number of aromatic amines is 1. The van der Waals surface area contributed by atoms with E-state index >= 15 is 0 Å². The Morgan fingerprint density at radius 3 is 3.00 bits per heavy atom. The molecule has 0 atom stereocenters. The second-order valence-corrected chi connectivity index (χ2v) is 2.62. The fourth-order valence-electron chi connectivity index (χ4n) is 0.935. The van der Waals surface area contributed by atoms with Crippen molar-refractivity contribution >= 4 is 5.82 Å². The van der Waals surface area contributed by atoms with Crippen molar-refractivity contribution in [2.24, 2.45) is 0 Å². The Bertz CT molecular complexity index is 329. The van der Waals surface area contributed by atoms with Gasteiger partial charge < -0.3 is 15.2 Å². The van der Waals surface area contributed by atoms with Crippen LogP contribution in [0, 0.1) is 11.3 Å². The normalized spacial score (nSPS) is 10.0. The molecule has 0 aliphatic heterocycles. The molecule has 0 aromatic carbocycles. The summed E-state index contributed by atoms with van der Waals surface area (Å²) in [5.74, 6) is 0.276. The number of H-pyrrole nitrogens is 1. The molecular formula is C8H12N4O2. The molecule has 0 bridgehead atoms. The molecule has 1 aromatic rings. The molecule has 0 saturated heterocycles. The van der Waals surface area contributed by atoms with Crippen molar-refractivity contribution in [3.63, 3.8) is 0 Å². The lowest BCUT2D eigenvalue weighted by Gasteiger charge is -2.00. The second-order valence-electron chi connectivity index (χ2n) is 2.62. The number of nitrogens with zero attached hydrogens (tertiary/aromatic N) is 2. The van der Waals surface area contributed by atoms with E-state index in [1.54, 1.807) is 7.11 Å². The summed E-state index contributed by atoms with van der Waals surface area (Å²) in [5.41, 5.74) is 6.34. The number of nitrogens with one attached hydrogen (secondary N) is 1. The molecule has 0 spiro atoms. The molecule has 1 aromatic heterocycles. The van der Waals surface area contributed by atoms with Crippen LogP contribution in [0.3, 0.4) is 0 Å². The summed E-state index contributed by atoms with van der Waals surface area (Å²) in [4.78, 5) is 0. The van der Waals surface area contributed by atoms with E-state index in [0.29, 0.717) is 24.5 Å². The molecule has 14 heavy (non-hydrogen) atoms. The third kappa shape index (κ3) is 2.45. The van der Waals surface area contributed by atoms with Gasteiger partial charge in [-0.25, -0.2) is 0 Å². The van der Waals surface area contributed by atoms with E-state index in [2.05, 4.69) is 10.2 Å². The van der Waals surface area contributed by atoms with Gasteiger partial charge in [0.25, 0.3) is 0 Å². The Morgan fingerprint density at radius 2 is 2.36 bits per heavy atom. The van der Waals surface area contributed by atoms with Gasteiger partial charge >= 0.3 is 0 Å². The van der Waals surface area contributed by atoms with Crippen molar-refractivity contribution in [2.45, 2.75) is 6.61 Å². The highest BCUT2D eigenvalue weighted by Crippen LogP contribution is 2.12. The molecule has 6 nitrogen and oxygen atoms in total. The van der Waals surface area contributed by atoms with Crippen molar-refractivity contribution in [3.8, 4) is 6.07 Å². The monoisotopic (exact) mass is 196 g/mol. The average molecular weight is 196 g/mol. The fraction of sp³-hybridized carbons (Fsp3) is 0.500. The van der Waals surface area contributed by atoms with Crippen LogP contribution in [0.4, 0.5) is 5.82 Å². The number of ether oxygens (including phenoxy) is 2. The Balaban J connectivity index is 2.47. The van der Waals surface area contributed by atoms with Crippen molar-refractivity contribution in [3.05, 3.63) is 11.3 Å². The second kappa shape index (κ2) is 5.21. The average Bonchev–Trinajstić information content (AvgIpc) is 2.54. The fourth-order valence-corrected chi connectivity index (χ4v) is 0.935. The zero-order valence-electron chi connectivity index (χ0n) is 7.91. The molecule has 0 unspecified atom stereocenters.